The van der Waals surface area contributed by atoms with Crippen molar-refractivity contribution >= 4 is 6.03 Å². The van der Waals surface area contributed by atoms with Crippen LogP contribution in [0.25, 0.3) is 0 Å². The molecule has 4 heteroatoms. The number of nitrogens with zero attached hydrogens (tertiary/aromatic N) is 2. The molecule has 0 saturated heterocycles. The molecular weight excluding hydrogens is 214 g/mol. The molecule has 0 aliphatic carbocycles. The molecule has 0 saturated carbocycles. The second-order valence-electron chi connectivity index (χ2n) is 4.16. The van der Waals surface area contributed by atoms with Gasteiger partial charge in [0.25, 0.3) is 0 Å². The van der Waals surface area contributed by atoms with Gasteiger partial charge in [0.1, 0.15) is 0 Å². The van der Waals surface area contributed by atoms with Crippen LogP contribution < -0.4 is 5.73 Å². The van der Waals surface area contributed by atoms with Gasteiger partial charge in [0.15, 0.2) is 0 Å². The molecule has 1 aromatic rings. The van der Waals surface area contributed by atoms with Crippen molar-refractivity contribution in [1.29, 1.82) is 0 Å². The lowest BCUT2D eigenvalue weighted by Crippen LogP contribution is -2.38. The largest absolute Gasteiger partial charge is 0.331 e. The number of nitrogens with two attached hydrogens (primary N) is 1. The summed E-state index contributed by atoms with van der Waals surface area (Å²) in [6.07, 6.45) is 0. The zero-order chi connectivity index (χ0) is 12.8. The Bertz CT molecular complexity index is 377. The van der Waals surface area contributed by atoms with E-state index in [-0.39, 0.29) is 6.03 Å². The van der Waals surface area contributed by atoms with Crippen LogP contribution >= 0.6 is 0 Å². The summed E-state index contributed by atoms with van der Waals surface area (Å²) in [5.74, 6) is 0. The summed E-state index contributed by atoms with van der Waals surface area (Å²) in [5.41, 5.74) is 7.90. The monoisotopic (exact) mass is 235 g/mol. The summed E-state index contributed by atoms with van der Waals surface area (Å²) in [6.45, 7) is 3.78. The minimum Gasteiger partial charge on any atom is -0.331 e. The first-order chi connectivity index (χ1) is 8.10. The van der Waals surface area contributed by atoms with Gasteiger partial charge in [-0.05, 0) is 18.1 Å². The summed E-state index contributed by atoms with van der Waals surface area (Å²) >= 11 is 0. The number of rotatable bonds is 4. The number of carbonyl (C=O) groups excluding carboxylic acids is 1. The topological polar surface area (TPSA) is 49.6 Å². The number of hydrogen-bond acceptors (Lipinski definition) is 2. The first-order valence-electron chi connectivity index (χ1n) is 5.83. The second-order valence-corrected chi connectivity index (χ2v) is 4.16. The van der Waals surface area contributed by atoms with Crippen molar-refractivity contribution in [2.75, 3.05) is 20.6 Å². The van der Waals surface area contributed by atoms with E-state index >= 15 is 0 Å². The zero-order valence-electron chi connectivity index (χ0n) is 10.8. The Hall–Kier alpha value is -1.55. The van der Waals surface area contributed by atoms with E-state index in [1.54, 1.807) is 23.9 Å². The van der Waals surface area contributed by atoms with Crippen LogP contribution in [0.3, 0.4) is 0 Å². The van der Waals surface area contributed by atoms with Gasteiger partial charge in [-0.2, -0.15) is 0 Å². The first kappa shape index (κ1) is 13.5. The molecule has 0 unspecified atom stereocenters. The third-order valence-corrected chi connectivity index (χ3v) is 2.73. The van der Waals surface area contributed by atoms with E-state index in [4.69, 9.17) is 5.73 Å². The predicted octanol–water partition coefficient (Wildman–Crippen LogP) is 1.65. The normalized spacial score (nSPS) is 10.1. The van der Waals surface area contributed by atoms with Crippen LogP contribution in [0.2, 0.25) is 0 Å². The highest BCUT2D eigenvalue weighted by Gasteiger charge is 2.14. The minimum absolute atomic E-state index is 0.0272. The van der Waals surface area contributed by atoms with Gasteiger partial charge < -0.3 is 15.5 Å². The Labute approximate surface area is 103 Å². The SMILES string of the molecule is CCN(Cc1ccccc1CN)C(=O)N(C)C. The quantitative estimate of drug-likeness (QED) is 0.862. The summed E-state index contributed by atoms with van der Waals surface area (Å²) in [4.78, 5) is 15.3. The minimum atomic E-state index is 0.0272. The lowest BCUT2D eigenvalue weighted by Gasteiger charge is -2.25. The van der Waals surface area contributed by atoms with E-state index in [1.165, 1.54) is 0 Å². The predicted molar refractivity (Wildman–Crippen MR) is 69.5 cm³/mol. The smallest absolute Gasteiger partial charge is 0.319 e. The summed E-state index contributed by atoms with van der Waals surface area (Å²) in [5, 5.41) is 0. The molecule has 17 heavy (non-hydrogen) atoms. The Balaban J connectivity index is 2.84. The molecule has 0 aliphatic rings. The second kappa shape index (κ2) is 6.25. The standard InChI is InChI=1S/C13H21N3O/c1-4-16(13(17)15(2)3)10-12-8-6-5-7-11(12)9-14/h5-8H,4,9-10,14H2,1-3H3. The van der Waals surface area contributed by atoms with Crippen LogP contribution in [0.4, 0.5) is 4.79 Å². The molecule has 0 spiro atoms. The van der Waals surface area contributed by atoms with E-state index in [2.05, 4.69) is 0 Å². The van der Waals surface area contributed by atoms with Gasteiger partial charge in [-0.25, -0.2) is 4.79 Å². The van der Waals surface area contributed by atoms with Crippen LogP contribution in [-0.4, -0.2) is 36.5 Å². The highest BCUT2D eigenvalue weighted by atomic mass is 16.2. The van der Waals surface area contributed by atoms with Crippen LogP contribution in [-0.2, 0) is 13.1 Å². The molecule has 4 nitrogen and oxygen atoms in total. The molecule has 0 aliphatic heterocycles. The molecule has 2 N–H and O–H groups in total. The molecule has 2 amide bonds. The van der Waals surface area contributed by atoms with Crippen molar-refractivity contribution in [1.82, 2.24) is 9.80 Å². The van der Waals surface area contributed by atoms with Crippen molar-refractivity contribution in [2.45, 2.75) is 20.0 Å². The fourth-order valence-electron chi connectivity index (χ4n) is 1.71. The molecule has 0 aromatic heterocycles. The van der Waals surface area contributed by atoms with Crippen LogP contribution in [0.1, 0.15) is 18.1 Å². The molecule has 0 bridgehead atoms. The highest BCUT2D eigenvalue weighted by molar-refractivity contribution is 5.73. The van der Waals surface area contributed by atoms with Crippen LogP contribution in [0, 0.1) is 0 Å². The lowest BCUT2D eigenvalue weighted by molar-refractivity contribution is 0.171. The summed E-state index contributed by atoms with van der Waals surface area (Å²) < 4.78 is 0. The molecule has 0 fully saturated rings. The molecule has 94 valence electrons. The highest BCUT2D eigenvalue weighted by Crippen LogP contribution is 2.12. The maximum atomic E-state index is 11.9. The van der Waals surface area contributed by atoms with Crippen LogP contribution in [0.15, 0.2) is 24.3 Å². The van der Waals surface area contributed by atoms with Crippen molar-refractivity contribution in [3.8, 4) is 0 Å². The molecule has 1 rings (SSSR count). The number of benzene rings is 1. The Morgan fingerprint density at radius 1 is 1.24 bits per heavy atom. The fourth-order valence-corrected chi connectivity index (χ4v) is 1.71. The van der Waals surface area contributed by atoms with E-state index in [1.807, 2.05) is 31.2 Å². The average molecular weight is 235 g/mol. The van der Waals surface area contributed by atoms with Gasteiger partial charge in [0.2, 0.25) is 0 Å². The van der Waals surface area contributed by atoms with Gasteiger partial charge in [-0.15, -0.1) is 0 Å². The zero-order valence-corrected chi connectivity index (χ0v) is 10.8. The third kappa shape index (κ3) is 3.46. The van der Waals surface area contributed by atoms with Crippen molar-refractivity contribution < 1.29 is 4.79 Å². The average Bonchev–Trinajstić information content (AvgIpc) is 2.35. The van der Waals surface area contributed by atoms with Gasteiger partial charge in [-0.3, -0.25) is 0 Å². The van der Waals surface area contributed by atoms with Gasteiger partial charge >= 0.3 is 6.03 Å². The Kier molecular flexibility index (Phi) is 4.97. The Morgan fingerprint density at radius 2 is 1.82 bits per heavy atom. The van der Waals surface area contributed by atoms with E-state index in [0.29, 0.717) is 19.6 Å². The third-order valence-electron chi connectivity index (χ3n) is 2.73. The van der Waals surface area contributed by atoms with Crippen molar-refractivity contribution in [2.24, 2.45) is 5.73 Å². The fraction of sp³-hybridized carbons (Fsp3) is 0.462. The lowest BCUT2D eigenvalue weighted by atomic mass is 10.1. The maximum Gasteiger partial charge on any atom is 0.319 e. The van der Waals surface area contributed by atoms with Gasteiger partial charge in [0, 0.05) is 33.7 Å². The van der Waals surface area contributed by atoms with Crippen molar-refractivity contribution in [3.63, 3.8) is 0 Å². The van der Waals surface area contributed by atoms with E-state index in [0.717, 1.165) is 11.1 Å². The Morgan fingerprint density at radius 3 is 2.29 bits per heavy atom. The number of carbonyl (C=O) groups is 1. The molecule has 0 radical (unpaired) electrons. The summed E-state index contributed by atoms with van der Waals surface area (Å²) in [6, 6.07) is 7.99. The van der Waals surface area contributed by atoms with Gasteiger partial charge in [0.05, 0.1) is 0 Å². The van der Waals surface area contributed by atoms with Gasteiger partial charge in [-0.1, -0.05) is 24.3 Å². The molecule has 0 heterocycles. The molecule has 0 atom stereocenters. The van der Waals surface area contributed by atoms with E-state index < -0.39 is 0 Å². The van der Waals surface area contributed by atoms with Crippen LogP contribution in [0.5, 0.6) is 0 Å². The van der Waals surface area contributed by atoms with Crippen molar-refractivity contribution in [3.05, 3.63) is 35.4 Å². The number of urea groups is 1. The summed E-state index contributed by atoms with van der Waals surface area (Å²) in [7, 11) is 3.53. The number of amides is 2. The van der Waals surface area contributed by atoms with E-state index in [9.17, 15) is 4.79 Å². The number of hydrogen-bond donors (Lipinski definition) is 1. The first-order valence-corrected chi connectivity index (χ1v) is 5.83. The maximum absolute atomic E-state index is 11.9. The molecular formula is C13H21N3O. The molecule has 1 aromatic carbocycles.